The first kappa shape index (κ1) is 9.40. The maximum atomic E-state index is 5.78. The zero-order chi connectivity index (χ0) is 10.3. The first-order valence-corrected chi connectivity index (χ1v) is 4.73. The summed E-state index contributed by atoms with van der Waals surface area (Å²) in [5.41, 5.74) is 1.38. The lowest BCUT2D eigenvalue weighted by molar-refractivity contribution is 0.366. The van der Waals surface area contributed by atoms with Crippen LogP contribution in [0, 0.1) is 0 Å². The van der Waals surface area contributed by atoms with Crippen LogP contribution < -0.4 is 0 Å². The van der Waals surface area contributed by atoms with Gasteiger partial charge in [-0.1, -0.05) is 11.6 Å². The van der Waals surface area contributed by atoms with Crippen molar-refractivity contribution < 1.29 is 0 Å². The van der Waals surface area contributed by atoms with E-state index in [2.05, 4.69) is 35.8 Å². The zero-order valence-electron chi connectivity index (χ0n) is 8.32. The van der Waals surface area contributed by atoms with Crippen molar-refractivity contribution in [3.8, 4) is 0 Å². The van der Waals surface area contributed by atoms with Gasteiger partial charge in [0.05, 0.1) is 17.9 Å². The van der Waals surface area contributed by atoms with E-state index in [1.165, 1.54) is 6.20 Å². The Morgan fingerprint density at radius 2 is 2.00 bits per heavy atom. The van der Waals surface area contributed by atoms with E-state index in [0.29, 0.717) is 5.15 Å². The SMILES string of the molecule is CC(C)(C)n1ncc2ncc(Cl)nc21. The maximum absolute atomic E-state index is 5.78. The minimum atomic E-state index is -0.110. The van der Waals surface area contributed by atoms with Crippen molar-refractivity contribution in [1.82, 2.24) is 19.7 Å². The first-order valence-electron chi connectivity index (χ1n) is 4.35. The van der Waals surface area contributed by atoms with Gasteiger partial charge in [0.15, 0.2) is 5.65 Å². The lowest BCUT2D eigenvalue weighted by atomic mass is 10.1. The van der Waals surface area contributed by atoms with Crippen molar-refractivity contribution in [2.45, 2.75) is 26.3 Å². The van der Waals surface area contributed by atoms with Crippen LogP contribution in [-0.4, -0.2) is 19.7 Å². The minimum absolute atomic E-state index is 0.110. The van der Waals surface area contributed by atoms with Crippen molar-refractivity contribution in [1.29, 1.82) is 0 Å². The van der Waals surface area contributed by atoms with Gasteiger partial charge in [-0.3, -0.25) is 0 Å². The zero-order valence-corrected chi connectivity index (χ0v) is 9.08. The van der Waals surface area contributed by atoms with Gasteiger partial charge in [0, 0.05) is 0 Å². The minimum Gasteiger partial charge on any atom is -0.248 e. The van der Waals surface area contributed by atoms with Crippen molar-refractivity contribution in [2.75, 3.05) is 0 Å². The highest BCUT2D eigenvalue weighted by Gasteiger charge is 2.18. The van der Waals surface area contributed by atoms with Crippen molar-refractivity contribution in [2.24, 2.45) is 0 Å². The summed E-state index contributed by atoms with van der Waals surface area (Å²) in [6.07, 6.45) is 3.22. The fourth-order valence-electron chi connectivity index (χ4n) is 1.27. The van der Waals surface area contributed by atoms with Crippen LogP contribution >= 0.6 is 11.6 Å². The molecule has 4 nitrogen and oxygen atoms in total. The van der Waals surface area contributed by atoms with Crippen LogP contribution in [0.2, 0.25) is 5.15 Å². The molecule has 2 rings (SSSR count). The topological polar surface area (TPSA) is 43.6 Å². The summed E-state index contributed by atoms with van der Waals surface area (Å²) in [5, 5.41) is 4.63. The van der Waals surface area contributed by atoms with Crippen molar-refractivity contribution in [3.63, 3.8) is 0 Å². The molecule has 14 heavy (non-hydrogen) atoms. The molecule has 0 aliphatic rings. The normalized spacial score (nSPS) is 12.3. The molecular weight excluding hydrogens is 200 g/mol. The summed E-state index contributed by atoms with van der Waals surface area (Å²) in [7, 11) is 0. The molecule has 2 heterocycles. The second-order valence-corrected chi connectivity index (χ2v) is 4.52. The molecule has 0 amide bonds. The summed E-state index contributed by atoms with van der Waals surface area (Å²) >= 11 is 5.78. The molecule has 0 atom stereocenters. The van der Waals surface area contributed by atoms with E-state index in [1.54, 1.807) is 6.20 Å². The van der Waals surface area contributed by atoms with Crippen molar-refractivity contribution >= 4 is 22.8 Å². The van der Waals surface area contributed by atoms with Crippen LogP contribution in [0.3, 0.4) is 0 Å². The molecule has 2 aromatic rings. The number of hydrogen-bond acceptors (Lipinski definition) is 3. The lowest BCUT2D eigenvalue weighted by Crippen LogP contribution is -2.23. The lowest BCUT2D eigenvalue weighted by Gasteiger charge is -2.19. The Kier molecular flexibility index (Phi) is 1.96. The van der Waals surface area contributed by atoms with Crippen LogP contribution in [0.25, 0.3) is 11.2 Å². The number of halogens is 1. The third-order valence-corrected chi connectivity index (χ3v) is 2.07. The van der Waals surface area contributed by atoms with E-state index in [9.17, 15) is 0 Å². The molecule has 2 aromatic heterocycles. The second kappa shape index (κ2) is 2.92. The standard InChI is InChI=1S/C9H11ClN4/c1-9(2,3)14-8-6(4-12-14)11-5-7(10)13-8/h4-5H,1-3H3. The average Bonchev–Trinajstić information content (AvgIpc) is 2.45. The van der Waals surface area contributed by atoms with E-state index in [0.717, 1.165) is 11.2 Å². The van der Waals surface area contributed by atoms with Crippen LogP contribution in [0.4, 0.5) is 0 Å². The van der Waals surface area contributed by atoms with Crippen LogP contribution in [0.1, 0.15) is 20.8 Å². The molecule has 0 saturated carbocycles. The highest BCUT2D eigenvalue weighted by atomic mass is 35.5. The predicted octanol–water partition coefficient (Wildman–Crippen LogP) is 2.23. The van der Waals surface area contributed by atoms with Gasteiger partial charge >= 0.3 is 0 Å². The Morgan fingerprint density at radius 3 is 2.64 bits per heavy atom. The fourth-order valence-corrected chi connectivity index (χ4v) is 1.40. The maximum Gasteiger partial charge on any atom is 0.178 e. The number of aromatic nitrogens is 4. The first-order chi connectivity index (χ1) is 6.48. The molecule has 0 aliphatic carbocycles. The average molecular weight is 211 g/mol. The number of hydrogen-bond donors (Lipinski definition) is 0. The highest BCUT2D eigenvalue weighted by molar-refractivity contribution is 6.29. The van der Waals surface area contributed by atoms with Crippen LogP contribution in [0.15, 0.2) is 12.4 Å². The Morgan fingerprint density at radius 1 is 1.29 bits per heavy atom. The third kappa shape index (κ3) is 1.46. The van der Waals surface area contributed by atoms with Crippen LogP contribution in [0.5, 0.6) is 0 Å². The summed E-state index contributed by atoms with van der Waals surface area (Å²) in [6.45, 7) is 6.17. The fraction of sp³-hybridized carbons (Fsp3) is 0.444. The van der Waals surface area contributed by atoms with E-state index >= 15 is 0 Å². The Bertz CT molecular complexity index is 469. The van der Waals surface area contributed by atoms with Gasteiger partial charge in [-0.15, -0.1) is 0 Å². The Hall–Kier alpha value is -1.16. The van der Waals surface area contributed by atoms with E-state index in [1.807, 2.05) is 4.68 Å². The molecule has 0 saturated heterocycles. The van der Waals surface area contributed by atoms with Gasteiger partial charge in [0.2, 0.25) is 0 Å². The van der Waals surface area contributed by atoms with E-state index in [4.69, 9.17) is 11.6 Å². The molecule has 0 bridgehead atoms. The number of fused-ring (bicyclic) bond motifs is 1. The van der Waals surface area contributed by atoms with Gasteiger partial charge in [-0.05, 0) is 20.8 Å². The predicted molar refractivity (Wildman–Crippen MR) is 55.3 cm³/mol. The molecule has 0 unspecified atom stereocenters. The van der Waals surface area contributed by atoms with Gasteiger partial charge in [0.1, 0.15) is 10.7 Å². The van der Waals surface area contributed by atoms with Crippen LogP contribution in [-0.2, 0) is 5.54 Å². The van der Waals surface area contributed by atoms with Gasteiger partial charge in [-0.2, -0.15) is 5.10 Å². The molecule has 0 radical (unpaired) electrons. The van der Waals surface area contributed by atoms with E-state index < -0.39 is 0 Å². The molecule has 0 N–H and O–H groups in total. The molecule has 0 aromatic carbocycles. The van der Waals surface area contributed by atoms with Gasteiger partial charge in [-0.25, -0.2) is 14.6 Å². The summed E-state index contributed by atoms with van der Waals surface area (Å²) in [6, 6.07) is 0. The number of rotatable bonds is 0. The van der Waals surface area contributed by atoms with Gasteiger partial charge in [0.25, 0.3) is 0 Å². The summed E-state index contributed by atoms with van der Waals surface area (Å²) in [5.74, 6) is 0. The molecular formula is C9H11ClN4. The molecule has 0 aliphatic heterocycles. The smallest absolute Gasteiger partial charge is 0.178 e. The Balaban J connectivity index is 2.73. The molecule has 74 valence electrons. The largest absolute Gasteiger partial charge is 0.248 e. The summed E-state index contributed by atoms with van der Waals surface area (Å²) in [4.78, 5) is 8.34. The van der Waals surface area contributed by atoms with Gasteiger partial charge < -0.3 is 0 Å². The molecule has 5 heteroatoms. The van der Waals surface area contributed by atoms with Crippen molar-refractivity contribution in [3.05, 3.63) is 17.5 Å². The Labute approximate surface area is 86.9 Å². The molecule has 0 fully saturated rings. The summed E-state index contributed by atoms with van der Waals surface area (Å²) < 4.78 is 1.82. The quantitative estimate of drug-likeness (QED) is 0.670. The van der Waals surface area contributed by atoms with E-state index in [-0.39, 0.29) is 5.54 Å². The highest BCUT2D eigenvalue weighted by Crippen LogP contribution is 2.19. The third-order valence-electron chi connectivity index (χ3n) is 1.88. The second-order valence-electron chi connectivity index (χ2n) is 4.13. The molecule has 0 spiro atoms. The monoisotopic (exact) mass is 210 g/mol. The number of nitrogens with zero attached hydrogens (tertiary/aromatic N) is 4.